The monoisotopic (exact) mass is 1190 g/mol. The molecule has 0 atom stereocenters. The van der Waals surface area contributed by atoms with Crippen molar-refractivity contribution in [2.24, 2.45) is 0 Å². The van der Waals surface area contributed by atoms with Crippen molar-refractivity contribution in [1.29, 1.82) is 0 Å². The van der Waals surface area contributed by atoms with Gasteiger partial charge in [0.25, 0.3) is 0 Å². The first-order chi connectivity index (χ1) is 40.5. The Kier molecular flexibility index (Phi) is 15.0. The predicted octanol–water partition coefficient (Wildman–Crippen LogP) is 14.1. The van der Waals surface area contributed by atoms with Gasteiger partial charge in [-0.25, -0.2) is 0 Å². The average Bonchev–Trinajstić information content (AvgIpc) is 1.96. The standard InChI is InChI=1S/2C31H26N2O2.2C6H5.Sn/c2*1-20-8-12-23(13-9-20)30(34)27-18-16-25(32-27)29(22-6-4-3-5-7-22)26-17-19-28(33-26)31(35)24-14-10-21(2)11-15-24;2*1-2-4-6-5-3-1;/h3-19,29H,1-2H3,(H2,32,33,34,35);3-19,29,32-33H,1-2H3;2*1-5H;/q;;;;+2/p-2. The molecule has 404 valence electrons. The summed E-state index contributed by atoms with van der Waals surface area (Å²) in [4.78, 5) is 62.3. The minimum atomic E-state index is -4.66. The van der Waals surface area contributed by atoms with Crippen molar-refractivity contribution < 1.29 is 19.2 Å². The van der Waals surface area contributed by atoms with Gasteiger partial charge < -0.3 is 9.97 Å². The van der Waals surface area contributed by atoms with Crippen LogP contribution in [0.1, 0.15) is 132 Å². The van der Waals surface area contributed by atoms with E-state index in [4.69, 9.17) is 0 Å². The molecule has 0 unspecified atom stereocenters. The number of aryl methyl sites for hydroxylation is 4. The summed E-state index contributed by atoms with van der Waals surface area (Å²) in [6.07, 6.45) is 0. The first-order valence-electron chi connectivity index (χ1n) is 28.0. The second kappa shape index (κ2) is 23.1. The molecule has 13 rings (SSSR count). The fourth-order valence-corrected chi connectivity index (χ4v) is 26.2. The Balaban J connectivity index is 0.000000172. The summed E-state index contributed by atoms with van der Waals surface area (Å²) in [5.74, 6) is -0.529. The van der Waals surface area contributed by atoms with E-state index in [1.807, 2.05) is 198 Å². The minimum absolute atomic E-state index is 0.0250. The Morgan fingerprint density at radius 3 is 1.04 bits per heavy atom. The van der Waals surface area contributed by atoms with E-state index in [1.165, 1.54) is 0 Å². The van der Waals surface area contributed by atoms with Crippen LogP contribution in [0.2, 0.25) is 0 Å². The van der Waals surface area contributed by atoms with E-state index in [9.17, 15) is 19.2 Å². The summed E-state index contributed by atoms with van der Waals surface area (Å²) in [5, 5.41) is 0. The number of nitrogens with zero attached hydrogens (tertiary/aromatic N) is 2. The molecule has 2 N–H and O–H groups in total. The number of nitrogens with one attached hydrogen (secondary N) is 2. The summed E-state index contributed by atoms with van der Waals surface area (Å²) >= 11 is -4.66. The summed E-state index contributed by atoms with van der Waals surface area (Å²) in [7, 11) is 0. The van der Waals surface area contributed by atoms with Gasteiger partial charge in [-0.15, -0.1) is 0 Å². The zero-order valence-corrected chi connectivity index (χ0v) is 49.4. The van der Waals surface area contributed by atoms with Gasteiger partial charge in [-0.3, -0.25) is 9.59 Å². The first kappa shape index (κ1) is 54.0. The SMILES string of the molecule is Cc1ccc(C(=O)c2ccc(C(c3ccccc3)c3ccc(C(=O)c4ccc(C)cc4)[nH]3)[nH]2)cc1.Cc1ccc(C(=O)c2ccc3[n]2[Sn]([c]2ccccc2)([c]2ccccc2)[n]2c(C(=O)c4ccc(C)cc4)ccc2C3c2ccccc2)cc1. The third kappa shape index (κ3) is 10.3. The van der Waals surface area contributed by atoms with Gasteiger partial charge in [-0.1, -0.05) is 90.0 Å². The van der Waals surface area contributed by atoms with Crippen LogP contribution in [-0.4, -0.2) is 57.6 Å². The van der Waals surface area contributed by atoms with Gasteiger partial charge in [0.1, 0.15) is 0 Å². The Hall–Kier alpha value is -9.64. The Labute approximate surface area is 488 Å². The van der Waals surface area contributed by atoms with Crippen molar-refractivity contribution >= 4 is 49.2 Å². The van der Waals surface area contributed by atoms with Gasteiger partial charge in [-0.05, 0) is 43.7 Å². The number of carbonyl (C=O) groups excluding carboxylic acids is 4. The van der Waals surface area contributed by atoms with Gasteiger partial charge in [0, 0.05) is 22.5 Å². The number of aromatic amines is 2. The van der Waals surface area contributed by atoms with Crippen LogP contribution in [0.4, 0.5) is 0 Å². The Bertz CT molecular complexity index is 4050. The van der Waals surface area contributed by atoms with Crippen LogP contribution in [0.15, 0.2) is 267 Å². The van der Waals surface area contributed by atoms with Crippen LogP contribution < -0.4 is 7.16 Å². The molecular weight excluding hydrogens is 1130 g/mol. The second-order valence-electron chi connectivity index (χ2n) is 21.5. The van der Waals surface area contributed by atoms with Crippen LogP contribution in [0.5, 0.6) is 0 Å². The van der Waals surface area contributed by atoms with E-state index in [2.05, 4.69) is 113 Å². The fraction of sp³-hybridized carbons (Fsp3) is 0.0811. The third-order valence-corrected chi connectivity index (χ3v) is 29.0. The van der Waals surface area contributed by atoms with E-state index in [-0.39, 0.29) is 35.0 Å². The van der Waals surface area contributed by atoms with Crippen molar-refractivity contribution in [2.45, 2.75) is 39.5 Å². The summed E-state index contributed by atoms with van der Waals surface area (Å²) in [6, 6.07) is 88.3. The topological polar surface area (TPSA) is 110 Å². The molecular formula is C74H60N4O4Sn. The third-order valence-electron chi connectivity index (χ3n) is 15.9. The molecule has 0 bridgehead atoms. The van der Waals surface area contributed by atoms with Crippen molar-refractivity contribution in [3.05, 3.63) is 368 Å². The van der Waals surface area contributed by atoms with Crippen molar-refractivity contribution in [3.63, 3.8) is 0 Å². The molecule has 0 fully saturated rings. The molecule has 0 amide bonds. The summed E-state index contributed by atoms with van der Waals surface area (Å²) in [6.45, 7) is 8.06. The molecule has 8 nitrogen and oxygen atoms in total. The number of ketones is 4. The Morgan fingerprint density at radius 2 is 0.675 bits per heavy atom. The van der Waals surface area contributed by atoms with E-state index in [0.717, 1.165) is 63.3 Å². The number of aromatic nitrogens is 4. The summed E-state index contributed by atoms with van der Waals surface area (Å²) < 4.78 is 7.13. The van der Waals surface area contributed by atoms with Gasteiger partial charge in [-0.2, -0.15) is 0 Å². The Morgan fingerprint density at radius 1 is 0.349 bits per heavy atom. The quantitative estimate of drug-likeness (QED) is 0.0835. The van der Waals surface area contributed by atoms with Crippen LogP contribution in [0.3, 0.4) is 0 Å². The molecule has 12 aromatic rings. The molecule has 1 aliphatic rings. The molecule has 0 spiro atoms. The number of hydrogen-bond donors (Lipinski definition) is 2. The van der Waals surface area contributed by atoms with E-state index in [1.54, 1.807) is 0 Å². The van der Waals surface area contributed by atoms with Crippen LogP contribution in [0.25, 0.3) is 0 Å². The number of hydrogen-bond acceptors (Lipinski definition) is 4. The zero-order chi connectivity index (χ0) is 57.2. The molecule has 0 radical (unpaired) electrons. The van der Waals surface area contributed by atoms with Gasteiger partial charge in [0.2, 0.25) is 11.6 Å². The fourth-order valence-electron chi connectivity index (χ4n) is 11.7. The van der Waals surface area contributed by atoms with Crippen LogP contribution in [0, 0.1) is 27.7 Å². The maximum absolute atomic E-state index is 14.7. The second-order valence-corrected chi connectivity index (χ2v) is 31.2. The van der Waals surface area contributed by atoms with E-state index in [0.29, 0.717) is 45.0 Å². The number of H-pyrrole nitrogens is 2. The number of rotatable bonds is 14. The number of carbonyl (C=O) groups is 4. The van der Waals surface area contributed by atoms with Gasteiger partial charge in [0.05, 0.1) is 17.3 Å². The number of fused-ring (bicyclic) bond motifs is 2. The molecule has 8 aromatic carbocycles. The first-order valence-corrected chi connectivity index (χ1v) is 33.4. The van der Waals surface area contributed by atoms with Crippen LogP contribution in [-0.2, 0) is 0 Å². The maximum atomic E-state index is 14.7. The average molecular weight is 1190 g/mol. The molecule has 0 aliphatic carbocycles. The number of benzene rings is 8. The molecule has 1 aliphatic heterocycles. The van der Waals surface area contributed by atoms with E-state index >= 15 is 0 Å². The molecule has 9 heteroatoms. The van der Waals surface area contributed by atoms with Crippen molar-refractivity contribution in [2.75, 3.05) is 0 Å². The van der Waals surface area contributed by atoms with Gasteiger partial charge >= 0.3 is 287 Å². The molecule has 83 heavy (non-hydrogen) atoms. The molecule has 0 saturated carbocycles. The summed E-state index contributed by atoms with van der Waals surface area (Å²) in [5.41, 5.74) is 15.4. The van der Waals surface area contributed by atoms with Crippen molar-refractivity contribution in [3.8, 4) is 0 Å². The van der Waals surface area contributed by atoms with Crippen molar-refractivity contribution in [1.82, 2.24) is 15.5 Å². The molecule has 5 heterocycles. The predicted molar refractivity (Wildman–Crippen MR) is 332 cm³/mol. The zero-order valence-electron chi connectivity index (χ0n) is 46.6. The normalized spacial score (nSPS) is 12.4. The van der Waals surface area contributed by atoms with Crippen LogP contribution >= 0.6 is 0 Å². The van der Waals surface area contributed by atoms with Gasteiger partial charge in [0.15, 0.2) is 0 Å². The van der Waals surface area contributed by atoms with E-state index < -0.39 is 18.9 Å². The molecule has 0 saturated heterocycles. The molecule has 4 aromatic heterocycles.